The second-order valence-corrected chi connectivity index (χ2v) is 8.63. The molecule has 0 bridgehead atoms. The molecule has 3 rings (SSSR count). The van der Waals surface area contributed by atoms with E-state index in [4.69, 9.17) is 12.2 Å². The summed E-state index contributed by atoms with van der Waals surface area (Å²) in [5.74, 6) is 1.33. The van der Waals surface area contributed by atoms with Crippen molar-refractivity contribution in [2.75, 3.05) is 13.1 Å². The second kappa shape index (κ2) is 10.0. The van der Waals surface area contributed by atoms with Gasteiger partial charge in [0.05, 0.1) is 0 Å². The maximum absolute atomic E-state index is 13.4. The Morgan fingerprint density at radius 1 is 1.23 bits per heavy atom. The van der Waals surface area contributed by atoms with Crippen molar-refractivity contribution in [3.63, 3.8) is 0 Å². The Balaban J connectivity index is 1.71. The highest BCUT2D eigenvalue weighted by Gasteiger charge is 2.32. The summed E-state index contributed by atoms with van der Waals surface area (Å²) >= 11 is 5.30. The topological polar surface area (TPSA) is 83.0 Å². The van der Waals surface area contributed by atoms with Crippen molar-refractivity contribution in [1.82, 2.24) is 25.0 Å². The van der Waals surface area contributed by atoms with Gasteiger partial charge in [0.15, 0.2) is 4.77 Å². The minimum Gasteiger partial charge on any atom is -0.341 e. The smallest absolute Gasteiger partial charge is 0.249 e. The van der Waals surface area contributed by atoms with Gasteiger partial charge < -0.3 is 14.8 Å². The Morgan fingerprint density at radius 3 is 2.50 bits per heavy atom. The van der Waals surface area contributed by atoms with E-state index in [9.17, 15) is 9.59 Å². The van der Waals surface area contributed by atoms with Gasteiger partial charge in [0.2, 0.25) is 11.8 Å². The fourth-order valence-corrected chi connectivity index (χ4v) is 4.28. The number of likely N-dealkylation sites (tertiary alicyclic amines) is 1. The zero-order valence-electron chi connectivity index (χ0n) is 17.9. The van der Waals surface area contributed by atoms with Crippen LogP contribution in [0.2, 0.25) is 0 Å². The summed E-state index contributed by atoms with van der Waals surface area (Å²) in [4.78, 5) is 27.6. The minimum absolute atomic E-state index is 0.0499. The summed E-state index contributed by atoms with van der Waals surface area (Å²) in [6.45, 7) is 8.09. The number of nitrogens with zero attached hydrogens (tertiary/aromatic N) is 3. The van der Waals surface area contributed by atoms with Crippen LogP contribution in [-0.4, -0.2) is 44.6 Å². The molecular weight excluding hydrogens is 398 g/mol. The number of nitrogens with one attached hydrogen (secondary N) is 2. The van der Waals surface area contributed by atoms with Crippen molar-refractivity contribution < 1.29 is 9.59 Å². The van der Waals surface area contributed by atoms with Crippen LogP contribution in [0.15, 0.2) is 30.3 Å². The number of amides is 2. The molecule has 7 nitrogen and oxygen atoms in total. The minimum atomic E-state index is -0.654. The van der Waals surface area contributed by atoms with Crippen LogP contribution in [0, 0.1) is 10.7 Å². The van der Waals surface area contributed by atoms with E-state index < -0.39 is 6.04 Å². The molecule has 0 spiro atoms. The van der Waals surface area contributed by atoms with E-state index >= 15 is 0 Å². The van der Waals surface area contributed by atoms with E-state index in [2.05, 4.69) is 22.4 Å². The number of aromatic nitrogens is 3. The van der Waals surface area contributed by atoms with Crippen molar-refractivity contribution in [2.24, 2.45) is 5.92 Å². The van der Waals surface area contributed by atoms with E-state index in [1.807, 2.05) is 53.6 Å². The lowest BCUT2D eigenvalue weighted by Gasteiger charge is -2.34. The van der Waals surface area contributed by atoms with Crippen LogP contribution < -0.4 is 5.32 Å². The lowest BCUT2D eigenvalue weighted by molar-refractivity contribution is -0.137. The summed E-state index contributed by atoms with van der Waals surface area (Å²) in [6, 6.07) is 8.83. The molecule has 1 aromatic heterocycles. The zero-order chi connectivity index (χ0) is 21.7. The lowest BCUT2D eigenvalue weighted by Crippen LogP contribution is -2.46. The molecule has 1 atom stereocenters. The second-order valence-electron chi connectivity index (χ2n) is 8.24. The van der Waals surface area contributed by atoms with Crippen LogP contribution in [0.1, 0.15) is 63.4 Å². The number of hydrogen-bond acceptors (Lipinski definition) is 4. The maximum Gasteiger partial charge on any atom is 0.249 e. The van der Waals surface area contributed by atoms with Crippen molar-refractivity contribution in [3.8, 4) is 0 Å². The molecule has 2 N–H and O–H groups in total. The molecule has 1 aliphatic heterocycles. The van der Waals surface area contributed by atoms with Crippen LogP contribution in [0.25, 0.3) is 0 Å². The lowest BCUT2D eigenvalue weighted by atomic mass is 9.94. The van der Waals surface area contributed by atoms with Gasteiger partial charge in [-0.05, 0) is 43.5 Å². The summed E-state index contributed by atoms with van der Waals surface area (Å²) in [7, 11) is 0. The van der Waals surface area contributed by atoms with E-state index in [0.29, 0.717) is 24.3 Å². The summed E-state index contributed by atoms with van der Waals surface area (Å²) < 4.78 is 2.67. The summed E-state index contributed by atoms with van der Waals surface area (Å²) in [5.41, 5.74) is 0.814. The molecular formula is C22H31N5O2S. The van der Waals surface area contributed by atoms with Gasteiger partial charge >= 0.3 is 0 Å². The van der Waals surface area contributed by atoms with Gasteiger partial charge in [-0.25, -0.2) is 0 Å². The Hall–Kier alpha value is -2.48. The predicted octanol–water partition coefficient (Wildman–Crippen LogP) is 3.57. The molecule has 1 unspecified atom stereocenters. The molecule has 8 heteroatoms. The number of carbonyl (C=O) groups is 2. The van der Waals surface area contributed by atoms with Gasteiger partial charge in [0, 0.05) is 32.0 Å². The molecule has 162 valence electrons. The first kappa shape index (κ1) is 22.2. The molecule has 2 amide bonds. The number of benzene rings is 1. The normalized spacial score (nSPS) is 15.9. The Bertz CT molecular complexity index is 913. The van der Waals surface area contributed by atoms with E-state index in [1.165, 1.54) is 0 Å². The van der Waals surface area contributed by atoms with E-state index in [0.717, 1.165) is 30.8 Å². The quantitative estimate of drug-likeness (QED) is 0.659. The van der Waals surface area contributed by atoms with Gasteiger partial charge in [0.25, 0.3) is 0 Å². The molecule has 2 heterocycles. The number of rotatable bonds is 7. The highest BCUT2D eigenvalue weighted by Crippen LogP contribution is 2.28. The number of H-pyrrole nitrogens is 1. The SMILES string of the molecule is CCn1c(C2CCN(C(=O)C(NC(=O)CC(C)C)c3ccccc3)CC2)n[nH]c1=S. The Labute approximate surface area is 182 Å². The number of carbonyl (C=O) groups excluding carboxylic acids is 2. The van der Waals surface area contributed by atoms with Crippen molar-refractivity contribution in [2.45, 2.75) is 58.5 Å². The largest absolute Gasteiger partial charge is 0.341 e. The van der Waals surface area contributed by atoms with Crippen LogP contribution in [0.3, 0.4) is 0 Å². The third-order valence-corrected chi connectivity index (χ3v) is 5.87. The summed E-state index contributed by atoms with van der Waals surface area (Å²) in [5, 5.41) is 10.3. The molecule has 0 aliphatic carbocycles. The fourth-order valence-electron chi connectivity index (χ4n) is 4.01. The maximum atomic E-state index is 13.4. The number of piperidine rings is 1. The molecule has 1 aliphatic rings. The fraction of sp³-hybridized carbons (Fsp3) is 0.545. The van der Waals surface area contributed by atoms with Crippen LogP contribution >= 0.6 is 12.2 Å². The van der Waals surface area contributed by atoms with Gasteiger partial charge in [-0.2, -0.15) is 5.10 Å². The molecule has 30 heavy (non-hydrogen) atoms. The first-order valence-corrected chi connectivity index (χ1v) is 11.1. The highest BCUT2D eigenvalue weighted by atomic mass is 32.1. The molecule has 2 aromatic rings. The average Bonchev–Trinajstić information content (AvgIpc) is 3.12. The molecule has 0 radical (unpaired) electrons. The van der Waals surface area contributed by atoms with Crippen molar-refractivity contribution >= 4 is 24.0 Å². The summed E-state index contributed by atoms with van der Waals surface area (Å²) in [6.07, 6.45) is 2.05. The molecule has 1 fully saturated rings. The first-order chi connectivity index (χ1) is 14.4. The number of aromatic amines is 1. The van der Waals surface area contributed by atoms with Gasteiger partial charge in [-0.15, -0.1) is 0 Å². The third-order valence-electron chi connectivity index (χ3n) is 5.55. The highest BCUT2D eigenvalue weighted by molar-refractivity contribution is 7.71. The molecule has 1 aromatic carbocycles. The van der Waals surface area contributed by atoms with Gasteiger partial charge in [-0.3, -0.25) is 14.7 Å². The third kappa shape index (κ3) is 5.16. The Kier molecular flexibility index (Phi) is 7.42. The molecule has 1 saturated heterocycles. The van der Waals surface area contributed by atoms with E-state index in [-0.39, 0.29) is 23.7 Å². The van der Waals surface area contributed by atoms with Crippen LogP contribution in [0.5, 0.6) is 0 Å². The monoisotopic (exact) mass is 429 g/mol. The van der Waals surface area contributed by atoms with Crippen molar-refractivity contribution in [3.05, 3.63) is 46.5 Å². The van der Waals surface area contributed by atoms with E-state index in [1.54, 1.807) is 0 Å². The van der Waals surface area contributed by atoms with Gasteiger partial charge in [-0.1, -0.05) is 44.2 Å². The van der Waals surface area contributed by atoms with Gasteiger partial charge in [0.1, 0.15) is 11.9 Å². The van der Waals surface area contributed by atoms with Crippen LogP contribution in [0.4, 0.5) is 0 Å². The first-order valence-electron chi connectivity index (χ1n) is 10.7. The zero-order valence-corrected chi connectivity index (χ0v) is 18.7. The standard InChI is InChI=1S/C22H31N5O2S/c1-4-27-20(24-25-22(27)30)17-10-12-26(13-11-17)21(29)19(16-8-6-5-7-9-16)23-18(28)14-15(2)3/h5-9,15,17,19H,4,10-14H2,1-3H3,(H,23,28)(H,25,30). The Morgan fingerprint density at radius 2 is 1.90 bits per heavy atom. The number of hydrogen-bond donors (Lipinski definition) is 2. The molecule has 0 saturated carbocycles. The predicted molar refractivity (Wildman–Crippen MR) is 118 cm³/mol. The average molecular weight is 430 g/mol. The van der Waals surface area contributed by atoms with Crippen molar-refractivity contribution in [1.29, 1.82) is 0 Å². The van der Waals surface area contributed by atoms with Crippen LogP contribution in [-0.2, 0) is 16.1 Å².